The second-order valence-corrected chi connectivity index (χ2v) is 8.24. The van der Waals surface area contributed by atoms with Gasteiger partial charge in [0, 0.05) is 13.1 Å². The summed E-state index contributed by atoms with van der Waals surface area (Å²) >= 11 is 1.23. The van der Waals surface area contributed by atoms with Gasteiger partial charge in [-0.1, -0.05) is 6.07 Å². The number of sulfonamides is 1. The van der Waals surface area contributed by atoms with E-state index in [4.69, 9.17) is 0 Å². The van der Waals surface area contributed by atoms with E-state index in [1.165, 1.54) is 15.6 Å². The van der Waals surface area contributed by atoms with Crippen LogP contribution < -0.4 is 0 Å². The number of thiophene rings is 1. The Balaban J connectivity index is 1.77. The maximum atomic E-state index is 12.4. The van der Waals surface area contributed by atoms with Gasteiger partial charge in [0.15, 0.2) is 0 Å². The van der Waals surface area contributed by atoms with Crippen LogP contribution in [-0.4, -0.2) is 61.1 Å². The average Bonchev–Trinajstić information content (AvgIpc) is 3.10. The molecule has 2 fully saturated rings. The Kier molecular flexibility index (Phi) is 3.65. The fourth-order valence-electron chi connectivity index (χ4n) is 2.90. The van der Waals surface area contributed by atoms with E-state index in [-0.39, 0.29) is 12.6 Å². The van der Waals surface area contributed by atoms with Gasteiger partial charge in [-0.2, -0.15) is 4.31 Å². The highest BCUT2D eigenvalue weighted by atomic mass is 32.2. The number of aliphatic hydroxyl groups excluding tert-OH is 1. The maximum Gasteiger partial charge on any atom is 0.252 e. The van der Waals surface area contributed by atoms with Crippen molar-refractivity contribution >= 4 is 21.4 Å². The number of likely N-dealkylation sites (tertiary alicyclic amines) is 1. The molecule has 0 spiro atoms. The first-order chi connectivity index (χ1) is 9.09. The molecular weight excluding hydrogens is 284 g/mol. The zero-order chi connectivity index (χ0) is 13.5. The number of nitrogens with zero attached hydrogens (tertiary/aromatic N) is 2. The predicted molar refractivity (Wildman–Crippen MR) is 73.7 cm³/mol. The van der Waals surface area contributed by atoms with E-state index in [1.54, 1.807) is 17.5 Å². The predicted octanol–water partition coefficient (Wildman–Crippen LogP) is 0.578. The lowest BCUT2D eigenvalue weighted by atomic mass is 10.2. The van der Waals surface area contributed by atoms with Gasteiger partial charge < -0.3 is 5.11 Å². The minimum absolute atomic E-state index is 0.0442. The summed E-state index contributed by atoms with van der Waals surface area (Å²) in [6.45, 7) is 2.55. The summed E-state index contributed by atoms with van der Waals surface area (Å²) in [4.78, 5) is 2.22. The molecule has 1 N–H and O–H groups in total. The Morgan fingerprint density at radius 1 is 1.26 bits per heavy atom. The Labute approximate surface area is 117 Å². The van der Waals surface area contributed by atoms with Crippen LogP contribution in [0.5, 0.6) is 0 Å². The van der Waals surface area contributed by atoms with Crippen LogP contribution in [0.25, 0.3) is 0 Å². The van der Waals surface area contributed by atoms with Gasteiger partial charge >= 0.3 is 0 Å². The third-order valence-corrected chi connectivity index (χ3v) is 7.13. The topological polar surface area (TPSA) is 60.9 Å². The minimum atomic E-state index is -3.43. The average molecular weight is 302 g/mol. The Hall–Kier alpha value is -0.470. The number of hydrogen-bond acceptors (Lipinski definition) is 5. The van der Waals surface area contributed by atoms with Gasteiger partial charge in [-0.05, 0) is 37.4 Å². The summed E-state index contributed by atoms with van der Waals surface area (Å²) in [6, 6.07) is 3.31. The zero-order valence-corrected chi connectivity index (χ0v) is 12.2. The van der Waals surface area contributed by atoms with E-state index >= 15 is 0 Å². The van der Waals surface area contributed by atoms with Gasteiger partial charge in [-0.15, -0.1) is 11.3 Å². The SMILES string of the molecule is O=S(=O)(c1cccs1)N1C[C@@H](O)[C@H](N2CCCC2)C1. The van der Waals surface area contributed by atoms with E-state index in [9.17, 15) is 13.5 Å². The van der Waals surface area contributed by atoms with Gasteiger partial charge in [-0.3, -0.25) is 4.90 Å². The molecule has 2 atom stereocenters. The molecule has 0 unspecified atom stereocenters. The fourth-order valence-corrected chi connectivity index (χ4v) is 5.52. The number of aliphatic hydroxyl groups is 1. The quantitative estimate of drug-likeness (QED) is 0.887. The molecular formula is C12H18N2O3S2. The molecule has 0 bridgehead atoms. The van der Waals surface area contributed by atoms with Crippen molar-refractivity contribution in [3.63, 3.8) is 0 Å². The molecule has 2 aliphatic rings. The Morgan fingerprint density at radius 2 is 2.00 bits per heavy atom. The molecule has 3 heterocycles. The first kappa shape index (κ1) is 13.5. The number of β-amino-alcohol motifs (C(OH)–C–C–N with tert-alkyl or cyclic N) is 1. The van der Waals surface area contributed by atoms with Crippen molar-refractivity contribution in [2.75, 3.05) is 26.2 Å². The highest BCUT2D eigenvalue weighted by Gasteiger charge is 2.41. The minimum Gasteiger partial charge on any atom is -0.390 e. The van der Waals surface area contributed by atoms with E-state index in [0.29, 0.717) is 10.8 Å². The summed E-state index contributed by atoms with van der Waals surface area (Å²) in [5.74, 6) is 0. The lowest BCUT2D eigenvalue weighted by Gasteiger charge is -2.25. The van der Waals surface area contributed by atoms with Gasteiger partial charge in [0.25, 0.3) is 10.0 Å². The third-order valence-electron chi connectivity index (χ3n) is 3.92. The molecule has 1 aromatic heterocycles. The van der Waals surface area contributed by atoms with Crippen LogP contribution in [-0.2, 0) is 10.0 Å². The molecule has 0 saturated carbocycles. The van der Waals surface area contributed by atoms with Crippen molar-refractivity contribution in [2.45, 2.75) is 29.2 Å². The molecule has 3 rings (SSSR count). The molecule has 19 heavy (non-hydrogen) atoms. The highest BCUT2D eigenvalue weighted by molar-refractivity contribution is 7.91. The molecule has 106 valence electrons. The smallest absolute Gasteiger partial charge is 0.252 e. The van der Waals surface area contributed by atoms with Crippen molar-refractivity contribution in [3.8, 4) is 0 Å². The van der Waals surface area contributed by atoms with Crippen LogP contribution in [0.1, 0.15) is 12.8 Å². The Bertz CT molecular complexity index is 523. The lowest BCUT2D eigenvalue weighted by Crippen LogP contribution is -2.41. The van der Waals surface area contributed by atoms with Gasteiger partial charge in [-0.25, -0.2) is 8.42 Å². The third kappa shape index (κ3) is 2.45. The van der Waals surface area contributed by atoms with Crippen LogP contribution in [0.4, 0.5) is 0 Å². The first-order valence-corrected chi connectivity index (χ1v) is 8.87. The fraction of sp³-hybridized carbons (Fsp3) is 0.667. The summed E-state index contributed by atoms with van der Waals surface area (Å²) in [7, 11) is -3.43. The van der Waals surface area contributed by atoms with E-state index < -0.39 is 16.1 Å². The van der Waals surface area contributed by atoms with Crippen molar-refractivity contribution < 1.29 is 13.5 Å². The largest absolute Gasteiger partial charge is 0.390 e. The second kappa shape index (κ2) is 5.14. The zero-order valence-electron chi connectivity index (χ0n) is 10.6. The number of hydrogen-bond donors (Lipinski definition) is 1. The summed E-state index contributed by atoms with van der Waals surface area (Å²) in [5, 5.41) is 11.9. The van der Waals surface area contributed by atoms with Gasteiger partial charge in [0.2, 0.25) is 0 Å². The molecule has 0 aromatic carbocycles. The monoisotopic (exact) mass is 302 g/mol. The van der Waals surface area contributed by atoms with E-state index in [2.05, 4.69) is 4.90 Å². The van der Waals surface area contributed by atoms with Crippen molar-refractivity contribution in [2.24, 2.45) is 0 Å². The summed E-state index contributed by atoms with van der Waals surface area (Å²) < 4.78 is 26.6. The highest BCUT2D eigenvalue weighted by Crippen LogP contribution is 2.27. The molecule has 2 saturated heterocycles. The van der Waals surface area contributed by atoms with Gasteiger partial charge in [0.05, 0.1) is 12.1 Å². The Morgan fingerprint density at radius 3 is 2.63 bits per heavy atom. The molecule has 0 radical (unpaired) electrons. The lowest BCUT2D eigenvalue weighted by molar-refractivity contribution is 0.0983. The van der Waals surface area contributed by atoms with Crippen molar-refractivity contribution in [3.05, 3.63) is 17.5 Å². The van der Waals surface area contributed by atoms with Crippen LogP contribution in [0.3, 0.4) is 0 Å². The molecule has 7 heteroatoms. The van der Waals surface area contributed by atoms with Crippen LogP contribution in [0.15, 0.2) is 21.7 Å². The molecule has 0 aliphatic carbocycles. The van der Waals surface area contributed by atoms with Crippen LogP contribution in [0, 0.1) is 0 Å². The van der Waals surface area contributed by atoms with Crippen LogP contribution >= 0.6 is 11.3 Å². The van der Waals surface area contributed by atoms with E-state index in [0.717, 1.165) is 25.9 Å². The molecule has 5 nitrogen and oxygen atoms in total. The molecule has 0 amide bonds. The molecule has 2 aliphatic heterocycles. The second-order valence-electron chi connectivity index (χ2n) is 5.13. The maximum absolute atomic E-state index is 12.4. The van der Waals surface area contributed by atoms with Crippen LogP contribution in [0.2, 0.25) is 0 Å². The standard InChI is InChI=1S/C12H18N2O3S2/c15-11-9-14(8-10(11)13-5-1-2-6-13)19(16,17)12-4-3-7-18-12/h3-4,7,10-11,15H,1-2,5-6,8-9H2/t10-,11-/m1/s1. The first-order valence-electron chi connectivity index (χ1n) is 6.55. The molecule has 1 aromatic rings. The van der Waals surface area contributed by atoms with Crippen molar-refractivity contribution in [1.82, 2.24) is 9.21 Å². The van der Waals surface area contributed by atoms with Gasteiger partial charge in [0.1, 0.15) is 4.21 Å². The summed E-state index contributed by atoms with van der Waals surface area (Å²) in [5.41, 5.74) is 0. The summed E-state index contributed by atoms with van der Waals surface area (Å²) in [6.07, 6.45) is 1.70. The normalized spacial score (nSPS) is 30.2. The van der Waals surface area contributed by atoms with E-state index in [1.807, 2.05) is 0 Å². The van der Waals surface area contributed by atoms with Crippen molar-refractivity contribution in [1.29, 1.82) is 0 Å². The number of rotatable bonds is 3.